The van der Waals surface area contributed by atoms with Crippen LogP contribution in [0.1, 0.15) is 86.2 Å². The number of nitrogens with zero attached hydrogens (tertiary/aromatic N) is 4. The number of aryl methyl sites for hydroxylation is 1. The number of nitrogens with one attached hydrogen (secondary N) is 1. The van der Waals surface area contributed by atoms with Gasteiger partial charge in [-0.2, -0.15) is 0 Å². The summed E-state index contributed by atoms with van der Waals surface area (Å²) < 4.78 is 2.57. The quantitative estimate of drug-likeness (QED) is 0.331. The number of aromatic nitrogens is 2. The van der Waals surface area contributed by atoms with Gasteiger partial charge in [-0.15, -0.1) is 0 Å². The second-order valence-corrected chi connectivity index (χ2v) is 12.2. The summed E-state index contributed by atoms with van der Waals surface area (Å²) in [5.41, 5.74) is 7.12. The Bertz CT molecular complexity index is 1310. The Morgan fingerprint density at radius 2 is 1.76 bits per heavy atom. The predicted molar refractivity (Wildman–Crippen MR) is 161 cm³/mol. The first-order valence-corrected chi connectivity index (χ1v) is 14.9. The van der Waals surface area contributed by atoms with Crippen molar-refractivity contribution in [2.75, 3.05) is 22.9 Å². The fourth-order valence-corrected chi connectivity index (χ4v) is 7.57. The summed E-state index contributed by atoms with van der Waals surface area (Å²) in [5.74, 6) is 0.782. The minimum atomic E-state index is -0.0525. The largest absolute Gasteiger partial charge is 0.370 e. The SMILES string of the molecule is Cc1cc([C@@H]2[C@@H](c3ccccn3)NC(=S)N2c2ccc(N3CCC(C)CC3)c(Cl)c2)c(C)n1C1CCCC1. The molecule has 0 spiro atoms. The zero-order valence-electron chi connectivity index (χ0n) is 22.7. The third kappa shape index (κ3) is 4.60. The first kappa shape index (κ1) is 25.7. The number of pyridine rings is 1. The third-order valence-electron chi connectivity index (χ3n) is 8.96. The van der Waals surface area contributed by atoms with Gasteiger partial charge in [0, 0.05) is 42.4 Å². The van der Waals surface area contributed by atoms with Crippen molar-refractivity contribution in [3.8, 4) is 0 Å². The Morgan fingerprint density at radius 3 is 2.45 bits per heavy atom. The van der Waals surface area contributed by atoms with Crippen LogP contribution in [0.2, 0.25) is 5.02 Å². The van der Waals surface area contributed by atoms with E-state index < -0.39 is 0 Å². The van der Waals surface area contributed by atoms with Crippen LogP contribution in [-0.2, 0) is 0 Å². The van der Waals surface area contributed by atoms with Gasteiger partial charge in [-0.25, -0.2) is 0 Å². The van der Waals surface area contributed by atoms with Gasteiger partial charge < -0.3 is 19.7 Å². The molecule has 3 aliphatic rings. The van der Waals surface area contributed by atoms with Gasteiger partial charge in [0.05, 0.1) is 28.5 Å². The zero-order valence-corrected chi connectivity index (χ0v) is 24.2. The van der Waals surface area contributed by atoms with Gasteiger partial charge in [0.2, 0.25) is 0 Å². The minimum Gasteiger partial charge on any atom is -0.370 e. The summed E-state index contributed by atoms with van der Waals surface area (Å²) in [7, 11) is 0. The van der Waals surface area contributed by atoms with Gasteiger partial charge in [-0.1, -0.05) is 37.4 Å². The second kappa shape index (κ2) is 10.5. The molecule has 0 unspecified atom stereocenters. The summed E-state index contributed by atoms with van der Waals surface area (Å²) in [6.07, 6.45) is 9.44. The van der Waals surface area contributed by atoms with E-state index >= 15 is 0 Å². The van der Waals surface area contributed by atoms with Gasteiger partial charge in [-0.05, 0) is 99.6 Å². The molecule has 6 rings (SSSR count). The van der Waals surface area contributed by atoms with Crippen molar-refractivity contribution in [1.82, 2.24) is 14.9 Å². The number of hydrogen-bond donors (Lipinski definition) is 1. The Morgan fingerprint density at radius 1 is 1.00 bits per heavy atom. The molecule has 3 fully saturated rings. The Labute approximate surface area is 237 Å². The predicted octanol–water partition coefficient (Wildman–Crippen LogP) is 7.68. The van der Waals surface area contributed by atoms with Gasteiger partial charge in [0.15, 0.2) is 5.11 Å². The number of anilines is 2. The van der Waals surface area contributed by atoms with Crippen molar-refractivity contribution < 1.29 is 0 Å². The molecule has 5 nitrogen and oxygen atoms in total. The molecule has 3 aromatic rings. The highest BCUT2D eigenvalue weighted by molar-refractivity contribution is 7.80. The van der Waals surface area contributed by atoms with Crippen LogP contribution in [0.5, 0.6) is 0 Å². The fraction of sp³-hybridized carbons (Fsp3) is 0.484. The number of rotatable bonds is 5. The minimum absolute atomic E-state index is 0.0171. The average molecular weight is 548 g/mol. The highest BCUT2D eigenvalue weighted by Crippen LogP contribution is 2.46. The molecular formula is C31H38ClN5S. The molecular weight excluding hydrogens is 510 g/mol. The van der Waals surface area contributed by atoms with E-state index in [1.54, 1.807) is 0 Å². The topological polar surface area (TPSA) is 36.3 Å². The molecule has 1 saturated carbocycles. The second-order valence-electron chi connectivity index (χ2n) is 11.4. The summed E-state index contributed by atoms with van der Waals surface area (Å²) in [6.45, 7) is 8.98. The number of benzene rings is 1. The summed E-state index contributed by atoms with van der Waals surface area (Å²) >= 11 is 13.0. The van der Waals surface area contributed by atoms with Gasteiger partial charge in [0.25, 0.3) is 0 Å². The fourth-order valence-electron chi connectivity index (χ4n) is 6.93. The van der Waals surface area contributed by atoms with Crippen LogP contribution in [0.4, 0.5) is 11.4 Å². The van der Waals surface area contributed by atoms with Crippen LogP contribution in [0.15, 0.2) is 48.7 Å². The summed E-state index contributed by atoms with van der Waals surface area (Å²) in [6, 6.07) is 15.5. The lowest BCUT2D eigenvalue weighted by atomic mass is 9.96. The number of piperidine rings is 1. The summed E-state index contributed by atoms with van der Waals surface area (Å²) in [5, 5.41) is 5.13. The molecule has 4 heterocycles. The molecule has 0 amide bonds. The van der Waals surface area contributed by atoms with E-state index in [4.69, 9.17) is 28.8 Å². The smallest absolute Gasteiger partial charge is 0.174 e. The molecule has 2 saturated heterocycles. The lowest BCUT2D eigenvalue weighted by Crippen LogP contribution is -2.33. The van der Waals surface area contributed by atoms with Crippen molar-refractivity contribution in [1.29, 1.82) is 0 Å². The van der Waals surface area contributed by atoms with Gasteiger partial charge in [0.1, 0.15) is 0 Å². The molecule has 2 atom stereocenters. The molecule has 1 aliphatic carbocycles. The van der Waals surface area contributed by atoms with Crippen LogP contribution in [-0.4, -0.2) is 27.8 Å². The van der Waals surface area contributed by atoms with Crippen molar-refractivity contribution >= 4 is 40.3 Å². The molecule has 0 bridgehead atoms. The Kier molecular flexibility index (Phi) is 7.12. The molecule has 7 heteroatoms. The monoisotopic (exact) mass is 547 g/mol. The van der Waals surface area contributed by atoms with Crippen LogP contribution in [0.25, 0.3) is 0 Å². The summed E-state index contributed by atoms with van der Waals surface area (Å²) in [4.78, 5) is 9.44. The number of hydrogen-bond acceptors (Lipinski definition) is 3. The number of thiocarbonyl (C=S) groups is 1. The average Bonchev–Trinajstić information content (AvgIpc) is 3.63. The lowest BCUT2D eigenvalue weighted by molar-refractivity contribution is 0.438. The maximum absolute atomic E-state index is 6.97. The number of halogens is 1. The zero-order chi connectivity index (χ0) is 26.4. The van der Waals surface area contributed by atoms with Crippen LogP contribution >= 0.6 is 23.8 Å². The van der Waals surface area contributed by atoms with Crippen LogP contribution in [0.3, 0.4) is 0 Å². The maximum Gasteiger partial charge on any atom is 0.174 e. The molecule has 2 aromatic heterocycles. The molecule has 2 aliphatic heterocycles. The van der Waals surface area contributed by atoms with Gasteiger partial charge >= 0.3 is 0 Å². The van der Waals surface area contributed by atoms with Crippen LogP contribution in [0, 0.1) is 19.8 Å². The van der Waals surface area contributed by atoms with Crippen molar-refractivity contribution in [3.05, 3.63) is 76.3 Å². The van der Waals surface area contributed by atoms with E-state index in [9.17, 15) is 0 Å². The van der Waals surface area contributed by atoms with Crippen molar-refractivity contribution in [2.24, 2.45) is 5.92 Å². The van der Waals surface area contributed by atoms with E-state index in [2.05, 4.69) is 76.9 Å². The van der Waals surface area contributed by atoms with E-state index in [0.717, 1.165) is 41.1 Å². The van der Waals surface area contributed by atoms with Crippen LogP contribution < -0.4 is 15.1 Å². The molecule has 38 heavy (non-hydrogen) atoms. The molecule has 0 radical (unpaired) electrons. The lowest BCUT2D eigenvalue weighted by Gasteiger charge is -2.33. The third-order valence-corrected chi connectivity index (χ3v) is 9.58. The van der Waals surface area contributed by atoms with Crippen molar-refractivity contribution in [3.63, 3.8) is 0 Å². The molecule has 200 valence electrons. The Hall–Kier alpha value is -2.57. The first-order chi connectivity index (χ1) is 18.4. The van der Waals surface area contributed by atoms with E-state index in [1.165, 1.54) is 55.5 Å². The standard InChI is InChI=1S/C31H38ClN5S/c1-20-13-16-35(17-14-20)28-12-11-24(19-26(28)32)37-30(29(34-31(37)38)27-10-6-7-15-33-27)25-18-21(2)36(22(25)3)23-8-4-5-9-23/h6-7,10-12,15,18-20,23,29-30H,4-5,8-9,13-14,16-17H2,1-3H3,(H,34,38)/t29-,30-/m1/s1. The first-order valence-electron chi connectivity index (χ1n) is 14.2. The van der Waals surface area contributed by atoms with E-state index in [1.807, 2.05) is 12.3 Å². The maximum atomic E-state index is 6.97. The molecule has 1 N–H and O–H groups in total. The van der Waals surface area contributed by atoms with E-state index in [-0.39, 0.29) is 12.1 Å². The highest BCUT2D eigenvalue weighted by Gasteiger charge is 2.42. The highest BCUT2D eigenvalue weighted by atomic mass is 35.5. The normalized spacial score (nSPS) is 22.9. The van der Waals surface area contributed by atoms with Crippen molar-refractivity contribution in [2.45, 2.75) is 77.4 Å². The van der Waals surface area contributed by atoms with E-state index in [0.29, 0.717) is 11.2 Å². The Balaban J connectivity index is 1.41. The van der Waals surface area contributed by atoms with Gasteiger partial charge in [-0.3, -0.25) is 4.98 Å². The molecule has 1 aromatic carbocycles.